The first-order chi connectivity index (χ1) is 7.60. The van der Waals surface area contributed by atoms with Crippen molar-refractivity contribution in [2.45, 2.75) is 33.4 Å². The van der Waals surface area contributed by atoms with Gasteiger partial charge in [0.2, 0.25) is 0 Å². The van der Waals surface area contributed by atoms with Gasteiger partial charge in [0.15, 0.2) is 0 Å². The maximum atomic E-state index is 9.09. The molecule has 16 heavy (non-hydrogen) atoms. The van der Waals surface area contributed by atoms with Crippen LogP contribution in [0.1, 0.15) is 25.1 Å². The molecule has 1 heterocycles. The number of aromatic nitrogens is 1. The SMILES string of the molecule is C=CCN(c1ccc(CO)c(C)n1)C(C)C. The molecule has 0 aliphatic heterocycles. The topological polar surface area (TPSA) is 36.4 Å². The Morgan fingerprint density at radius 3 is 2.62 bits per heavy atom. The van der Waals surface area contributed by atoms with Crippen LogP contribution < -0.4 is 4.90 Å². The van der Waals surface area contributed by atoms with Crippen molar-refractivity contribution in [2.24, 2.45) is 0 Å². The Bertz CT molecular complexity index is 361. The van der Waals surface area contributed by atoms with Crippen LogP contribution in [0.15, 0.2) is 24.8 Å². The van der Waals surface area contributed by atoms with Gasteiger partial charge in [0, 0.05) is 18.3 Å². The van der Waals surface area contributed by atoms with Gasteiger partial charge in [-0.1, -0.05) is 12.1 Å². The normalized spacial score (nSPS) is 10.6. The Morgan fingerprint density at radius 1 is 1.50 bits per heavy atom. The van der Waals surface area contributed by atoms with E-state index in [2.05, 4.69) is 30.3 Å². The van der Waals surface area contributed by atoms with E-state index in [4.69, 9.17) is 5.11 Å². The first-order valence-electron chi connectivity index (χ1n) is 5.55. The predicted octanol–water partition coefficient (Wildman–Crippen LogP) is 2.28. The fraction of sp³-hybridized carbons (Fsp3) is 0.462. The fourth-order valence-electron chi connectivity index (χ4n) is 1.61. The molecule has 0 aromatic carbocycles. The molecule has 0 aliphatic rings. The van der Waals surface area contributed by atoms with Crippen LogP contribution in [0.5, 0.6) is 0 Å². The minimum Gasteiger partial charge on any atom is -0.392 e. The summed E-state index contributed by atoms with van der Waals surface area (Å²) in [5.41, 5.74) is 1.76. The van der Waals surface area contributed by atoms with Gasteiger partial charge in [-0.15, -0.1) is 6.58 Å². The Labute approximate surface area is 97.4 Å². The summed E-state index contributed by atoms with van der Waals surface area (Å²) in [5.74, 6) is 0.935. The highest BCUT2D eigenvalue weighted by molar-refractivity contribution is 5.43. The van der Waals surface area contributed by atoms with E-state index in [1.807, 2.05) is 25.1 Å². The summed E-state index contributed by atoms with van der Waals surface area (Å²) in [6.07, 6.45) is 1.87. The molecule has 3 heteroatoms. The third kappa shape index (κ3) is 2.83. The van der Waals surface area contributed by atoms with Gasteiger partial charge in [0.1, 0.15) is 5.82 Å². The van der Waals surface area contributed by atoms with E-state index in [0.29, 0.717) is 6.04 Å². The van der Waals surface area contributed by atoms with Crippen LogP contribution in [0.2, 0.25) is 0 Å². The zero-order valence-electron chi connectivity index (χ0n) is 10.3. The molecule has 0 radical (unpaired) electrons. The second-order valence-electron chi connectivity index (χ2n) is 4.11. The lowest BCUT2D eigenvalue weighted by Crippen LogP contribution is -2.31. The third-order valence-electron chi connectivity index (χ3n) is 2.59. The van der Waals surface area contributed by atoms with E-state index < -0.39 is 0 Å². The zero-order chi connectivity index (χ0) is 12.1. The smallest absolute Gasteiger partial charge is 0.129 e. The van der Waals surface area contributed by atoms with Crippen LogP contribution in [0.4, 0.5) is 5.82 Å². The largest absolute Gasteiger partial charge is 0.392 e. The first kappa shape index (κ1) is 12.7. The Morgan fingerprint density at radius 2 is 2.19 bits per heavy atom. The molecule has 0 atom stereocenters. The molecule has 1 N–H and O–H groups in total. The maximum Gasteiger partial charge on any atom is 0.129 e. The van der Waals surface area contributed by atoms with E-state index >= 15 is 0 Å². The lowest BCUT2D eigenvalue weighted by molar-refractivity contribution is 0.280. The van der Waals surface area contributed by atoms with Gasteiger partial charge >= 0.3 is 0 Å². The third-order valence-corrected chi connectivity index (χ3v) is 2.59. The van der Waals surface area contributed by atoms with Crippen LogP contribution in [0, 0.1) is 6.92 Å². The van der Waals surface area contributed by atoms with E-state index in [1.165, 1.54) is 0 Å². The average Bonchev–Trinajstić information content (AvgIpc) is 2.25. The molecule has 3 nitrogen and oxygen atoms in total. The van der Waals surface area contributed by atoms with Crippen molar-refractivity contribution >= 4 is 5.82 Å². The van der Waals surface area contributed by atoms with Gasteiger partial charge < -0.3 is 10.0 Å². The Kier molecular flexibility index (Phi) is 4.50. The number of aliphatic hydroxyl groups excluding tert-OH is 1. The first-order valence-corrected chi connectivity index (χ1v) is 5.55. The molecule has 0 saturated heterocycles. The molecule has 0 amide bonds. The number of aliphatic hydroxyl groups is 1. The van der Waals surface area contributed by atoms with Crippen molar-refractivity contribution in [1.82, 2.24) is 4.98 Å². The van der Waals surface area contributed by atoms with Crippen molar-refractivity contribution in [3.05, 3.63) is 36.0 Å². The van der Waals surface area contributed by atoms with Gasteiger partial charge in [-0.3, -0.25) is 0 Å². The second kappa shape index (κ2) is 5.66. The molecule has 88 valence electrons. The van der Waals surface area contributed by atoms with E-state index in [1.54, 1.807) is 0 Å². The molecule has 0 spiro atoms. The van der Waals surface area contributed by atoms with Crippen LogP contribution >= 0.6 is 0 Å². The summed E-state index contributed by atoms with van der Waals surface area (Å²) >= 11 is 0. The number of rotatable bonds is 5. The maximum absolute atomic E-state index is 9.09. The van der Waals surface area contributed by atoms with Crippen molar-refractivity contribution < 1.29 is 5.11 Å². The molecular weight excluding hydrogens is 200 g/mol. The van der Waals surface area contributed by atoms with Crippen LogP contribution in [-0.2, 0) is 6.61 Å². The number of anilines is 1. The molecule has 1 aromatic rings. The molecule has 0 unspecified atom stereocenters. The fourth-order valence-corrected chi connectivity index (χ4v) is 1.61. The number of nitrogens with zero attached hydrogens (tertiary/aromatic N) is 2. The molecule has 1 rings (SSSR count). The van der Waals surface area contributed by atoms with Gasteiger partial charge in [0.05, 0.1) is 6.61 Å². The van der Waals surface area contributed by atoms with Crippen LogP contribution in [0.3, 0.4) is 0 Å². The Balaban J connectivity index is 3.01. The van der Waals surface area contributed by atoms with E-state index in [-0.39, 0.29) is 6.61 Å². The van der Waals surface area contributed by atoms with Crippen LogP contribution in [0.25, 0.3) is 0 Å². The molecule has 0 aliphatic carbocycles. The predicted molar refractivity (Wildman–Crippen MR) is 67.6 cm³/mol. The zero-order valence-corrected chi connectivity index (χ0v) is 10.3. The highest BCUT2D eigenvalue weighted by atomic mass is 16.3. The number of aryl methyl sites for hydroxylation is 1. The number of hydrogen-bond acceptors (Lipinski definition) is 3. The van der Waals surface area contributed by atoms with Gasteiger partial charge in [0.25, 0.3) is 0 Å². The summed E-state index contributed by atoms with van der Waals surface area (Å²) in [6.45, 7) is 10.7. The molecule has 0 bridgehead atoms. The minimum absolute atomic E-state index is 0.0439. The molecule has 1 aromatic heterocycles. The van der Waals surface area contributed by atoms with Crippen LogP contribution in [-0.4, -0.2) is 22.7 Å². The van der Waals surface area contributed by atoms with E-state index in [9.17, 15) is 0 Å². The number of pyridine rings is 1. The van der Waals surface area contributed by atoms with Gasteiger partial charge in [-0.05, 0) is 32.4 Å². The monoisotopic (exact) mass is 220 g/mol. The average molecular weight is 220 g/mol. The molecular formula is C13H20N2O. The summed E-state index contributed by atoms with van der Waals surface area (Å²) in [5, 5.41) is 9.09. The second-order valence-corrected chi connectivity index (χ2v) is 4.11. The standard InChI is InChI=1S/C13H20N2O/c1-5-8-15(10(2)3)13-7-6-12(9-16)11(4)14-13/h5-7,10,16H,1,8-9H2,2-4H3. The highest BCUT2D eigenvalue weighted by Crippen LogP contribution is 2.17. The summed E-state index contributed by atoms with van der Waals surface area (Å²) in [6, 6.07) is 4.25. The summed E-state index contributed by atoms with van der Waals surface area (Å²) in [4.78, 5) is 6.67. The molecule has 0 fully saturated rings. The van der Waals surface area contributed by atoms with E-state index in [0.717, 1.165) is 23.6 Å². The van der Waals surface area contributed by atoms with Crippen molar-refractivity contribution in [3.63, 3.8) is 0 Å². The lowest BCUT2D eigenvalue weighted by Gasteiger charge is -2.27. The van der Waals surface area contributed by atoms with Crippen molar-refractivity contribution in [2.75, 3.05) is 11.4 Å². The van der Waals surface area contributed by atoms with Crippen molar-refractivity contribution in [3.8, 4) is 0 Å². The number of hydrogen-bond donors (Lipinski definition) is 1. The lowest BCUT2D eigenvalue weighted by atomic mass is 10.2. The van der Waals surface area contributed by atoms with Gasteiger partial charge in [-0.2, -0.15) is 0 Å². The highest BCUT2D eigenvalue weighted by Gasteiger charge is 2.11. The van der Waals surface area contributed by atoms with Gasteiger partial charge in [-0.25, -0.2) is 4.98 Å². The summed E-state index contributed by atoms with van der Waals surface area (Å²) in [7, 11) is 0. The van der Waals surface area contributed by atoms with Crippen molar-refractivity contribution in [1.29, 1.82) is 0 Å². The quantitative estimate of drug-likeness (QED) is 0.773. The minimum atomic E-state index is 0.0439. The Hall–Kier alpha value is -1.35. The summed E-state index contributed by atoms with van der Waals surface area (Å²) < 4.78 is 0. The molecule has 0 saturated carbocycles.